The number of halogens is 1. The van der Waals surface area contributed by atoms with E-state index in [4.69, 9.17) is 0 Å². The van der Waals surface area contributed by atoms with Crippen molar-refractivity contribution in [2.45, 2.75) is 38.1 Å². The Morgan fingerprint density at radius 1 is 0.960 bits per heavy atom. The first-order valence-electron chi connectivity index (χ1n) is 8.33. The van der Waals surface area contributed by atoms with Gasteiger partial charge in [-0.15, -0.1) is 12.4 Å². The molecule has 1 unspecified atom stereocenters. The van der Waals surface area contributed by atoms with Crippen LogP contribution in [0.15, 0.2) is 60.7 Å². The Hall–Kier alpha value is -0.640. The van der Waals surface area contributed by atoms with Gasteiger partial charge in [-0.05, 0) is 38.6 Å². The van der Waals surface area contributed by atoms with Gasteiger partial charge in [-0.3, -0.25) is 4.79 Å². The molecule has 0 aliphatic carbocycles. The summed E-state index contributed by atoms with van der Waals surface area (Å²) in [5.41, 5.74) is 1.60. The predicted octanol–water partition coefficient (Wildman–Crippen LogP) is 4.07. The summed E-state index contributed by atoms with van der Waals surface area (Å²) in [7, 11) is 4.14. The van der Waals surface area contributed by atoms with Crippen molar-refractivity contribution in [2.75, 3.05) is 14.1 Å². The zero-order chi connectivity index (χ0) is 16.9. The molecule has 0 spiro atoms. The molecule has 132 valence electrons. The maximum atomic E-state index is 13.2. The van der Waals surface area contributed by atoms with E-state index in [-0.39, 0.29) is 47.7 Å². The van der Waals surface area contributed by atoms with Crippen molar-refractivity contribution in [3.8, 4) is 0 Å². The fraction of sp³-hybridized carbons (Fsp3) is 0.381. The molecular formula is C21H29ClNNaO. The summed E-state index contributed by atoms with van der Waals surface area (Å²) in [6.45, 7) is 4.15. The Morgan fingerprint density at radius 2 is 1.36 bits per heavy atom. The second-order valence-electron chi connectivity index (χ2n) is 6.43. The molecule has 2 rings (SSSR count). The first-order valence-corrected chi connectivity index (χ1v) is 8.33. The number of nitrogens with zero attached hydrogens (tertiary/aromatic N) is 1. The molecule has 25 heavy (non-hydrogen) atoms. The molecule has 0 heterocycles. The zero-order valence-electron chi connectivity index (χ0n) is 15.0. The van der Waals surface area contributed by atoms with Crippen LogP contribution in [0, 0.1) is 0 Å². The number of rotatable bonds is 7. The van der Waals surface area contributed by atoms with Crippen molar-refractivity contribution in [2.24, 2.45) is 0 Å². The van der Waals surface area contributed by atoms with E-state index in [1.165, 1.54) is 0 Å². The van der Waals surface area contributed by atoms with E-state index in [9.17, 15) is 4.79 Å². The van der Waals surface area contributed by atoms with Crippen LogP contribution in [0.25, 0.3) is 0 Å². The molecule has 4 heteroatoms. The summed E-state index contributed by atoms with van der Waals surface area (Å²) in [5, 5.41) is 0. The molecule has 0 N–H and O–H groups in total. The molecule has 2 aromatic rings. The van der Waals surface area contributed by atoms with Gasteiger partial charge >= 0.3 is 29.6 Å². The van der Waals surface area contributed by atoms with Crippen molar-refractivity contribution in [3.05, 3.63) is 71.8 Å². The molecule has 0 amide bonds. The van der Waals surface area contributed by atoms with Gasteiger partial charge in [0.15, 0.2) is 0 Å². The van der Waals surface area contributed by atoms with Crippen LogP contribution in [-0.2, 0) is 10.2 Å². The van der Waals surface area contributed by atoms with Gasteiger partial charge in [-0.25, -0.2) is 0 Å². The number of carbonyl (C=O) groups is 1. The average Bonchev–Trinajstić information content (AvgIpc) is 2.60. The number of hydrogen-bond donors (Lipinski definition) is 0. The van der Waals surface area contributed by atoms with E-state index in [2.05, 4.69) is 50.2 Å². The molecule has 0 radical (unpaired) electrons. The van der Waals surface area contributed by atoms with Crippen LogP contribution in [0.4, 0.5) is 0 Å². The standard InChI is InChI=1S/C21H27NO.ClH.Na.H/c1-5-20(23)21(16-17(2)22(3)4,18-12-8-6-9-13-18)19-14-10-7-11-15-19;;;/h6-15,17H,5,16H2,1-4H3;1H;;. The van der Waals surface area contributed by atoms with E-state index in [0.29, 0.717) is 12.5 Å². The van der Waals surface area contributed by atoms with Gasteiger partial charge in [0.25, 0.3) is 0 Å². The molecule has 0 aromatic heterocycles. The Kier molecular flexibility index (Phi) is 10.9. The topological polar surface area (TPSA) is 20.3 Å². The fourth-order valence-corrected chi connectivity index (χ4v) is 3.21. The third kappa shape index (κ3) is 5.42. The van der Waals surface area contributed by atoms with Gasteiger partial charge in [-0.2, -0.15) is 0 Å². The summed E-state index contributed by atoms with van der Waals surface area (Å²) in [5.74, 6) is 0.281. The van der Waals surface area contributed by atoms with E-state index in [0.717, 1.165) is 17.5 Å². The summed E-state index contributed by atoms with van der Waals surface area (Å²) >= 11 is 0. The Bertz CT molecular complexity index is 591. The summed E-state index contributed by atoms with van der Waals surface area (Å²) in [6.07, 6.45) is 1.31. The van der Waals surface area contributed by atoms with Crippen LogP contribution in [0.3, 0.4) is 0 Å². The second-order valence-corrected chi connectivity index (χ2v) is 6.43. The third-order valence-electron chi connectivity index (χ3n) is 4.81. The van der Waals surface area contributed by atoms with Gasteiger partial charge in [0, 0.05) is 12.5 Å². The molecule has 0 aliphatic heterocycles. The van der Waals surface area contributed by atoms with Gasteiger partial charge in [0.2, 0.25) is 0 Å². The molecule has 2 nitrogen and oxygen atoms in total. The quantitative estimate of drug-likeness (QED) is 0.686. The molecule has 0 saturated carbocycles. The number of hydrogen-bond acceptors (Lipinski definition) is 2. The van der Waals surface area contributed by atoms with E-state index in [1.807, 2.05) is 43.3 Å². The summed E-state index contributed by atoms with van der Waals surface area (Å²) in [4.78, 5) is 15.4. The first-order chi connectivity index (χ1) is 11.0. The second kappa shape index (κ2) is 11.2. The van der Waals surface area contributed by atoms with Crippen LogP contribution in [0.5, 0.6) is 0 Å². The number of ketones is 1. The average molecular weight is 370 g/mol. The fourth-order valence-electron chi connectivity index (χ4n) is 3.21. The van der Waals surface area contributed by atoms with Crippen LogP contribution in [0.2, 0.25) is 0 Å². The van der Waals surface area contributed by atoms with Crippen LogP contribution >= 0.6 is 12.4 Å². The van der Waals surface area contributed by atoms with Gasteiger partial charge in [0.05, 0.1) is 5.41 Å². The molecule has 0 fully saturated rings. The Balaban J connectivity index is 0.00000288. The SMILES string of the molecule is CCC(=O)C(CC(C)N(C)C)(c1ccccc1)c1ccccc1.Cl.[NaH]. The molecule has 0 aliphatic rings. The van der Waals surface area contributed by atoms with Crippen molar-refractivity contribution in [3.63, 3.8) is 0 Å². The minimum absolute atomic E-state index is 0. The van der Waals surface area contributed by atoms with E-state index in [1.54, 1.807) is 0 Å². The van der Waals surface area contributed by atoms with Crippen molar-refractivity contribution in [1.29, 1.82) is 0 Å². The monoisotopic (exact) mass is 369 g/mol. The minimum atomic E-state index is -0.582. The van der Waals surface area contributed by atoms with Gasteiger partial charge in [0.1, 0.15) is 5.78 Å². The molecule has 0 bridgehead atoms. The molecular weight excluding hydrogens is 341 g/mol. The van der Waals surface area contributed by atoms with Crippen molar-refractivity contribution >= 4 is 47.7 Å². The molecule has 0 saturated heterocycles. The first kappa shape index (κ1) is 24.4. The van der Waals surface area contributed by atoms with Crippen LogP contribution < -0.4 is 0 Å². The Morgan fingerprint density at radius 3 is 1.68 bits per heavy atom. The summed E-state index contributed by atoms with van der Waals surface area (Å²) in [6, 6.07) is 20.7. The zero-order valence-corrected chi connectivity index (χ0v) is 15.8. The van der Waals surface area contributed by atoms with Crippen LogP contribution in [0.1, 0.15) is 37.8 Å². The maximum absolute atomic E-state index is 13.2. The van der Waals surface area contributed by atoms with Crippen molar-refractivity contribution < 1.29 is 4.79 Å². The van der Waals surface area contributed by atoms with Crippen molar-refractivity contribution in [1.82, 2.24) is 4.90 Å². The Labute approximate surface area is 180 Å². The number of benzene rings is 2. The van der Waals surface area contributed by atoms with E-state index >= 15 is 0 Å². The normalized spacial score (nSPS) is 12.0. The van der Waals surface area contributed by atoms with E-state index < -0.39 is 5.41 Å². The van der Waals surface area contributed by atoms with Crippen LogP contribution in [-0.4, -0.2) is 60.4 Å². The van der Waals surface area contributed by atoms with Gasteiger partial charge in [-0.1, -0.05) is 67.6 Å². The predicted molar refractivity (Wildman–Crippen MR) is 111 cm³/mol. The third-order valence-corrected chi connectivity index (χ3v) is 4.81. The summed E-state index contributed by atoms with van der Waals surface area (Å²) < 4.78 is 0. The van der Waals surface area contributed by atoms with Gasteiger partial charge < -0.3 is 4.90 Å². The number of carbonyl (C=O) groups excluding carboxylic acids is 1. The molecule has 2 aromatic carbocycles. The number of Topliss-reactive ketones (excluding diaryl/α,β-unsaturated/α-hetero) is 1. The molecule has 1 atom stereocenters.